The molecule has 1 aromatic carbocycles. The summed E-state index contributed by atoms with van der Waals surface area (Å²) in [6.45, 7) is -0.194. The average molecular weight is 389 g/mol. The Labute approximate surface area is 163 Å². The first-order valence-electron chi connectivity index (χ1n) is 9.40. The standard InChI is InChI=1S/C19H23N3O4S/c23-17(11-26-16-3-1-15(2-4-16)22(24)25)20-18(27)21-19-8-12-5-13(9-19)7-14(6-12)10-19/h1-4,12-14H,5-11H2,(H2,20,21,23,27). The number of carbonyl (C=O) groups is 1. The second kappa shape index (κ2) is 7.07. The van der Waals surface area contributed by atoms with E-state index in [0.29, 0.717) is 10.9 Å². The van der Waals surface area contributed by atoms with Crippen LogP contribution in [0.15, 0.2) is 24.3 Å². The molecule has 4 fully saturated rings. The van der Waals surface area contributed by atoms with Gasteiger partial charge in [0.1, 0.15) is 5.75 Å². The van der Waals surface area contributed by atoms with Crippen molar-refractivity contribution in [3.63, 3.8) is 0 Å². The molecule has 4 saturated carbocycles. The highest BCUT2D eigenvalue weighted by molar-refractivity contribution is 7.80. The molecule has 4 aliphatic rings. The van der Waals surface area contributed by atoms with Crippen LogP contribution in [0.5, 0.6) is 5.75 Å². The fourth-order valence-electron chi connectivity index (χ4n) is 5.51. The lowest BCUT2D eigenvalue weighted by atomic mass is 9.53. The van der Waals surface area contributed by atoms with Crippen molar-refractivity contribution in [2.75, 3.05) is 6.61 Å². The molecule has 0 heterocycles. The molecule has 4 aliphatic carbocycles. The van der Waals surface area contributed by atoms with Gasteiger partial charge in [0.15, 0.2) is 11.7 Å². The molecular weight excluding hydrogens is 366 g/mol. The predicted octanol–water partition coefficient (Wildman–Crippen LogP) is 2.93. The van der Waals surface area contributed by atoms with E-state index in [9.17, 15) is 14.9 Å². The summed E-state index contributed by atoms with van der Waals surface area (Å²) in [4.78, 5) is 22.3. The summed E-state index contributed by atoms with van der Waals surface area (Å²) >= 11 is 5.37. The van der Waals surface area contributed by atoms with Gasteiger partial charge in [-0.2, -0.15) is 0 Å². The van der Waals surface area contributed by atoms with E-state index in [1.165, 1.54) is 43.5 Å². The van der Waals surface area contributed by atoms with Crippen molar-refractivity contribution in [3.8, 4) is 5.75 Å². The van der Waals surface area contributed by atoms with Crippen LogP contribution >= 0.6 is 12.2 Å². The zero-order valence-electron chi connectivity index (χ0n) is 15.0. The number of nitrogens with zero attached hydrogens (tertiary/aromatic N) is 1. The molecule has 0 spiro atoms. The Kier molecular flexibility index (Phi) is 4.75. The highest BCUT2D eigenvalue weighted by Crippen LogP contribution is 2.55. The molecule has 27 heavy (non-hydrogen) atoms. The number of hydrogen-bond acceptors (Lipinski definition) is 5. The Morgan fingerprint density at radius 3 is 2.22 bits per heavy atom. The number of ether oxygens (including phenoxy) is 1. The smallest absolute Gasteiger partial charge is 0.269 e. The molecule has 5 rings (SSSR count). The predicted molar refractivity (Wildman–Crippen MR) is 103 cm³/mol. The van der Waals surface area contributed by atoms with E-state index in [0.717, 1.165) is 37.0 Å². The summed E-state index contributed by atoms with van der Waals surface area (Å²) < 4.78 is 5.38. The number of nitro benzene ring substituents is 1. The van der Waals surface area contributed by atoms with Crippen LogP contribution in [0.2, 0.25) is 0 Å². The molecule has 2 N–H and O–H groups in total. The summed E-state index contributed by atoms with van der Waals surface area (Å²) in [6, 6.07) is 5.62. The van der Waals surface area contributed by atoms with Gasteiger partial charge in [-0.25, -0.2) is 0 Å². The second-order valence-electron chi connectivity index (χ2n) is 8.24. The quantitative estimate of drug-likeness (QED) is 0.457. The maximum absolute atomic E-state index is 12.1. The van der Waals surface area contributed by atoms with E-state index in [1.807, 2.05) is 0 Å². The van der Waals surface area contributed by atoms with Crippen LogP contribution in [0.25, 0.3) is 0 Å². The van der Waals surface area contributed by atoms with E-state index in [2.05, 4.69) is 10.6 Å². The number of thiocarbonyl (C=S) groups is 1. The molecule has 4 bridgehead atoms. The number of amides is 1. The van der Waals surface area contributed by atoms with Crippen LogP contribution in [0.3, 0.4) is 0 Å². The largest absolute Gasteiger partial charge is 0.484 e. The number of nitrogens with one attached hydrogen (secondary N) is 2. The minimum atomic E-state index is -0.481. The first-order chi connectivity index (χ1) is 12.9. The summed E-state index contributed by atoms with van der Waals surface area (Å²) in [5, 5.41) is 17.2. The van der Waals surface area contributed by atoms with E-state index in [1.54, 1.807) is 0 Å². The van der Waals surface area contributed by atoms with Crippen molar-refractivity contribution in [3.05, 3.63) is 34.4 Å². The number of hydrogen-bond donors (Lipinski definition) is 2. The Hall–Kier alpha value is -2.22. The maximum Gasteiger partial charge on any atom is 0.269 e. The molecule has 144 valence electrons. The summed E-state index contributed by atoms with van der Waals surface area (Å²) in [5.41, 5.74) is 0.0333. The van der Waals surface area contributed by atoms with Gasteiger partial charge in [0.25, 0.3) is 11.6 Å². The Bertz CT molecular complexity index is 729. The molecule has 0 unspecified atom stereocenters. The summed E-state index contributed by atoms with van der Waals surface area (Å²) in [5.74, 6) is 2.46. The molecule has 0 radical (unpaired) electrons. The summed E-state index contributed by atoms with van der Waals surface area (Å²) in [6.07, 6.45) is 7.49. The minimum Gasteiger partial charge on any atom is -0.484 e. The summed E-state index contributed by atoms with van der Waals surface area (Å²) in [7, 11) is 0. The first-order valence-corrected chi connectivity index (χ1v) is 9.81. The van der Waals surface area contributed by atoms with Crippen molar-refractivity contribution in [1.29, 1.82) is 0 Å². The number of carbonyl (C=O) groups excluding carboxylic acids is 1. The van der Waals surface area contributed by atoms with Gasteiger partial charge in [0, 0.05) is 17.7 Å². The van der Waals surface area contributed by atoms with Gasteiger partial charge in [-0.1, -0.05) is 0 Å². The van der Waals surface area contributed by atoms with Crippen molar-refractivity contribution >= 4 is 28.9 Å². The van der Waals surface area contributed by atoms with Gasteiger partial charge in [-0.15, -0.1) is 0 Å². The second-order valence-corrected chi connectivity index (χ2v) is 8.65. The van der Waals surface area contributed by atoms with Crippen LogP contribution in [-0.4, -0.2) is 28.1 Å². The van der Waals surface area contributed by atoms with Gasteiger partial charge in [-0.3, -0.25) is 14.9 Å². The monoisotopic (exact) mass is 389 g/mol. The van der Waals surface area contributed by atoms with Crippen LogP contribution in [-0.2, 0) is 4.79 Å². The third kappa shape index (κ3) is 4.05. The number of benzene rings is 1. The molecule has 1 amide bonds. The van der Waals surface area contributed by atoms with Crippen LogP contribution in [0.1, 0.15) is 38.5 Å². The molecule has 0 aromatic heterocycles. The molecular formula is C19H23N3O4S. The van der Waals surface area contributed by atoms with Gasteiger partial charge in [-0.05, 0) is 80.6 Å². The van der Waals surface area contributed by atoms with E-state index >= 15 is 0 Å². The van der Waals surface area contributed by atoms with E-state index in [-0.39, 0.29) is 23.7 Å². The molecule has 0 saturated heterocycles. The SMILES string of the molecule is O=C(COc1ccc([N+](=O)[O-])cc1)NC(=S)NC12CC3CC(CC(C3)C1)C2. The lowest BCUT2D eigenvalue weighted by Gasteiger charge is -2.57. The zero-order chi connectivity index (χ0) is 19.0. The third-order valence-electron chi connectivity index (χ3n) is 6.09. The minimum absolute atomic E-state index is 0.0206. The van der Waals surface area contributed by atoms with Crippen LogP contribution < -0.4 is 15.4 Å². The number of non-ortho nitro benzene ring substituents is 1. The highest BCUT2D eigenvalue weighted by atomic mass is 32.1. The van der Waals surface area contributed by atoms with Crippen molar-refractivity contribution in [2.45, 2.75) is 44.1 Å². The van der Waals surface area contributed by atoms with Crippen LogP contribution in [0, 0.1) is 27.9 Å². The lowest BCUT2D eigenvalue weighted by molar-refractivity contribution is -0.384. The normalized spacial score (nSPS) is 30.6. The zero-order valence-corrected chi connectivity index (χ0v) is 15.8. The van der Waals surface area contributed by atoms with Gasteiger partial charge in [0.05, 0.1) is 4.92 Å². The van der Waals surface area contributed by atoms with Gasteiger partial charge >= 0.3 is 0 Å². The number of nitro groups is 1. The number of rotatable bonds is 5. The molecule has 0 atom stereocenters. The Balaban J connectivity index is 1.26. The fourth-order valence-corrected chi connectivity index (χ4v) is 5.84. The molecule has 8 heteroatoms. The topological polar surface area (TPSA) is 93.5 Å². The fraction of sp³-hybridized carbons (Fsp3) is 0.579. The average Bonchev–Trinajstić information content (AvgIpc) is 2.58. The van der Waals surface area contributed by atoms with Gasteiger partial charge in [0.2, 0.25) is 0 Å². The molecule has 1 aromatic rings. The molecule has 7 nitrogen and oxygen atoms in total. The van der Waals surface area contributed by atoms with Crippen LogP contribution in [0.4, 0.5) is 5.69 Å². The van der Waals surface area contributed by atoms with Crippen molar-refractivity contribution in [1.82, 2.24) is 10.6 Å². The Morgan fingerprint density at radius 2 is 1.70 bits per heavy atom. The first kappa shape index (κ1) is 18.2. The van der Waals surface area contributed by atoms with E-state index < -0.39 is 4.92 Å². The lowest BCUT2D eigenvalue weighted by Crippen LogP contribution is -2.62. The maximum atomic E-state index is 12.1. The van der Waals surface area contributed by atoms with Crippen molar-refractivity contribution in [2.24, 2.45) is 17.8 Å². The Morgan fingerprint density at radius 1 is 1.15 bits per heavy atom. The van der Waals surface area contributed by atoms with E-state index in [4.69, 9.17) is 17.0 Å². The van der Waals surface area contributed by atoms with Gasteiger partial charge < -0.3 is 15.4 Å². The molecule has 0 aliphatic heterocycles. The van der Waals surface area contributed by atoms with Crippen molar-refractivity contribution < 1.29 is 14.5 Å². The highest BCUT2D eigenvalue weighted by Gasteiger charge is 2.51. The third-order valence-corrected chi connectivity index (χ3v) is 6.29.